The molecule has 0 aromatic rings. The van der Waals surface area contributed by atoms with E-state index in [-0.39, 0.29) is 18.6 Å². The van der Waals surface area contributed by atoms with Gasteiger partial charge in [-0.2, -0.15) is 0 Å². The smallest absolute Gasteiger partial charge is 0.220 e. The van der Waals surface area contributed by atoms with Gasteiger partial charge in [0.15, 0.2) is 0 Å². The van der Waals surface area contributed by atoms with Crippen molar-refractivity contribution in [3.63, 3.8) is 0 Å². The summed E-state index contributed by atoms with van der Waals surface area (Å²) in [6.07, 6.45) is 3.61. The molecule has 70 valence electrons. The van der Waals surface area contributed by atoms with Crippen LogP contribution in [0.3, 0.4) is 0 Å². The third-order valence-corrected chi connectivity index (χ3v) is 1.65. The van der Waals surface area contributed by atoms with E-state index in [1.807, 2.05) is 6.92 Å². The summed E-state index contributed by atoms with van der Waals surface area (Å²) in [5, 5.41) is 11.5. The number of aliphatic hydroxyl groups excluding tert-OH is 1. The van der Waals surface area contributed by atoms with Gasteiger partial charge in [0.05, 0.1) is 12.6 Å². The van der Waals surface area contributed by atoms with Crippen LogP contribution in [0.4, 0.5) is 0 Å². The second kappa shape index (κ2) is 6.85. The maximum atomic E-state index is 11.1. The summed E-state index contributed by atoms with van der Waals surface area (Å²) in [6, 6.07) is -0.0951. The van der Waals surface area contributed by atoms with Crippen molar-refractivity contribution in [3.05, 3.63) is 12.7 Å². The van der Waals surface area contributed by atoms with Gasteiger partial charge in [-0.15, -0.1) is 6.58 Å². The molecule has 3 nitrogen and oxygen atoms in total. The molecule has 0 radical (unpaired) electrons. The van der Waals surface area contributed by atoms with Crippen LogP contribution in [-0.2, 0) is 4.79 Å². The highest BCUT2D eigenvalue weighted by molar-refractivity contribution is 5.76. The van der Waals surface area contributed by atoms with Gasteiger partial charge in [0.1, 0.15) is 0 Å². The minimum atomic E-state index is -0.0951. The Hall–Kier alpha value is -0.830. The van der Waals surface area contributed by atoms with E-state index < -0.39 is 0 Å². The fraction of sp³-hybridized carbons (Fsp3) is 0.667. The van der Waals surface area contributed by atoms with Crippen LogP contribution in [0.15, 0.2) is 12.7 Å². The summed E-state index contributed by atoms with van der Waals surface area (Å²) >= 11 is 0. The number of nitrogens with one attached hydrogen (secondary N) is 1. The van der Waals surface area contributed by atoms with Crippen LogP contribution in [0.5, 0.6) is 0 Å². The van der Waals surface area contributed by atoms with Crippen molar-refractivity contribution in [1.82, 2.24) is 5.32 Å². The average molecular weight is 171 g/mol. The topological polar surface area (TPSA) is 49.3 Å². The largest absolute Gasteiger partial charge is 0.394 e. The number of hydrogen-bond donors (Lipinski definition) is 2. The maximum Gasteiger partial charge on any atom is 0.220 e. The molecule has 12 heavy (non-hydrogen) atoms. The predicted octanol–water partition coefficient (Wildman–Crippen LogP) is 0.840. The summed E-state index contributed by atoms with van der Waals surface area (Å²) in [7, 11) is 0. The molecule has 1 amide bonds. The van der Waals surface area contributed by atoms with E-state index in [9.17, 15) is 4.79 Å². The van der Waals surface area contributed by atoms with Crippen LogP contribution in [-0.4, -0.2) is 23.7 Å². The zero-order valence-corrected chi connectivity index (χ0v) is 7.55. The molecule has 0 rings (SSSR count). The minimum Gasteiger partial charge on any atom is -0.394 e. The first-order chi connectivity index (χ1) is 5.74. The lowest BCUT2D eigenvalue weighted by atomic mass is 10.2. The molecule has 0 bridgehead atoms. The van der Waals surface area contributed by atoms with Gasteiger partial charge in [-0.25, -0.2) is 0 Å². The van der Waals surface area contributed by atoms with Gasteiger partial charge in [-0.1, -0.05) is 13.0 Å². The van der Waals surface area contributed by atoms with Crippen molar-refractivity contribution in [2.75, 3.05) is 6.61 Å². The number of allylic oxidation sites excluding steroid dienone is 1. The number of carbonyl (C=O) groups is 1. The first-order valence-corrected chi connectivity index (χ1v) is 4.25. The molecule has 0 aromatic heterocycles. The standard InChI is InChI=1S/C9H17NO2/c1-3-5-6-9(12)10-8(4-2)7-11/h3,8,11H,1,4-7H2,2H3,(H,10,12)/t8-/m0/s1. The quantitative estimate of drug-likeness (QED) is 0.582. The zero-order valence-electron chi connectivity index (χ0n) is 7.55. The second-order valence-electron chi connectivity index (χ2n) is 2.68. The van der Waals surface area contributed by atoms with E-state index in [2.05, 4.69) is 11.9 Å². The Labute approximate surface area is 73.5 Å². The van der Waals surface area contributed by atoms with Crippen molar-refractivity contribution in [2.24, 2.45) is 0 Å². The first-order valence-electron chi connectivity index (χ1n) is 4.25. The second-order valence-corrected chi connectivity index (χ2v) is 2.68. The van der Waals surface area contributed by atoms with E-state index in [0.717, 1.165) is 6.42 Å². The van der Waals surface area contributed by atoms with Gasteiger partial charge in [0.2, 0.25) is 5.91 Å². The summed E-state index contributed by atoms with van der Waals surface area (Å²) < 4.78 is 0. The third kappa shape index (κ3) is 4.91. The highest BCUT2D eigenvalue weighted by Crippen LogP contribution is 1.93. The van der Waals surface area contributed by atoms with Crippen LogP contribution in [0.1, 0.15) is 26.2 Å². The molecular weight excluding hydrogens is 154 g/mol. The van der Waals surface area contributed by atoms with E-state index in [4.69, 9.17) is 5.11 Å². The molecule has 0 aliphatic heterocycles. The van der Waals surface area contributed by atoms with Gasteiger partial charge >= 0.3 is 0 Å². The monoisotopic (exact) mass is 171 g/mol. The molecule has 0 saturated carbocycles. The number of carbonyl (C=O) groups excluding carboxylic acids is 1. The molecule has 0 heterocycles. The van der Waals surface area contributed by atoms with Gasteiger partial charge in [0, 0.05) is 6.42 Å². The Kier molecular flexibility index (Phi) is 6.38. The highest BCUT2D eigenvalue weighted by atomic mass is 16.3. The Morgan fingerprint density at radius 2 is 2.42 bits per heavy atom. The van der Waals surface area contributed by atoms with Crippen LogP contribution in [0.25, 0.3) is 0 Å². The van der Waals surface area contributed by atoms with Gasteiger partial charge < -0.3 is 10.4 Å². The molecule has 0 unspecified atom stereocenters. The highest BCUT2D eigenvalue weighted by Gasteiger charge is 2.07. The SMILES string of the molecule is C=CCCC(=O)N[C@@H](CC)CO. The summed E-state index contributed by atoms with van der Waals surface area (Å²) in [6.45, 7) is 5.46. The Bertz CT molecular complexity index is 141. The number of aliphatic hydroxyl groups is 1. The van der Waals surface area contributed by atoms with Crippen LogP contribution in [0, 0.1) is 0 Å². The maximum absolute atomic E-state index is 11.1. The number of rotatable bonds is 6. The molecular formula is C9H17NO2. The summed E-state index contributed by atoms with van der Waals surface area (Å²) in [5.74, 6) is -0.0178. The van der Waals surface area contributed by atoms with Crippen molar-refractivity contribution < 1.29 is 9.90 Å². The van der Waals surface area contributed by atoms with Crippen LogP contribution in [0.2, 0.25) is 0 Å². The summed E-state index contributed by atoms with van der Waals surface area (Å²) in [4.78, 5) is 11.1. The van der Waals surface area contributed by atoms with Crippen molar-refractivity contribution in [1.29, 1.82) is 0 Å². The predicted molar refractivity (Wildman–Crippen MR) is 48.7 cm³/mol. The Morgan fingerprint density at radius 3 is 2.83 bits per heavy atom. The van der Waals surface area contributed by atoms with Gasteiger partial charge in [-0.05, 0) is 12.8 Å². The van der Waals surface area contributed by atoms with E-state index >= 15 is 0 Å². The molecule has 0 fully saturated rings. The molecule has 0 aliphatic rings. The Morgan fingerprint density at radius 1 is 1.75 bits per heavy atom. The average Bonchev–Trinajstić information content (AvgIpc) is 2.10. The number of hydrogen-bond acceptors (Lipinski definition) is 2. The Balaban J connectivity index is 3.58. The summed E-state index contributed by atoms with van der Waals surface area (Å²) in [5.41, 5.74) is 0. The first kappa shape index (κ1) is 11.2. The normalized spacial score (nSPS) is 12.2. The molecule has 2 N–H and O–H groups in total. The van der Waals surface area contributed by atoms with Crippen molar-refractivity contribution in [3.8, 4) is 0 Å². The van der Waals surface area contributed by atoms with Crippen molar-refractivity contribution in [2.45, 2.75) is 32.2 Å². The lowest BCUT2D eigenvalue weighted by molar-refractivity contribution is -0.122. The van der Waals surface area contributed by atoms with Gasteiger partial charge in [0.25, 0.3) is 0 Å². The minimum absolute atomic E-state index is 0.0102. The van der Waals surface area contributed by atoms with Crippen LogP contribution >= 0.6 is 0 Å². The van der Waals surface area contributed by atoms with E-state index in [1.165, 1.54) is 0 Å². The lowest BCUT2D eigenvalue weighted by Crippen LogP contribution is -2.36. The van der Waals surface area contributed by atoms with Gasteiger partial charge in [-0.3, -0.25) is 4.79 Å². The zero-order chi connectivity index (χ0) is 9.40. The fourth-order valence-electron chi connectivity index (χ4n) is 0.810. The number of amides is 1. The molecule has 3 heteroatoms. The molecule has 1 atom stereocenters. The molecule has 0 aromatic carbocycles. The van der Waals surface area contributed by atoms with Crippen LogP contribution < -0.4 is 5.32 Å². The van der Waals surface area contributed by atoms with E-state index in [1.54, 1.807) is 6.08 Å². The van der Waals surface area contributed by atoms with E-state index in [0.29, 0.717) is 12.8 Å². The molecule has 0 aliphatic carbocycles. The molecule has 0 spiro atoms. The fourth-order valence-corrected chi connectivity index (χ4v) is 0.810. The lowest BCUT2D eigenvalue weighted by Gasteiger charge is -2.13. The molecule has 0 saturated heterocycles. The van der Waals surface area contributed by atoms with Crippen molar-refractivity contribution >= 4 is 5.91 Å². The third-order valence-electron chi connectivity index (χ3n) is 1.65.